The van der Waals surface area contributed by atoms with Crippen LogP contribution in [0.2, 0.25) is 0 Å². The standard InChI is InChI=1S/C14H20N2O/c1-15-9-10-16(2)14(17)13-8-4-6-11-5-3-7-12(11)13/h4,6,8,15H,3,5,7,9-10H2,1-2H3. The Bertz CT molecular complexity index is 415. The molecule has 2 rings (SSSR count). The van der Waals surface area contributed by atoms with Gasteiger partial charge >= 0.3 is 0 Å². The summed E-state index contributed by atoms with van der Waals surface area (Å²) < 4.78 is 0. The lowest BCUT2D eigenvalue weighted by atomic mass is 10.0. The van der Waals surface area contributed by atoms with Gasteiger partial charge in [-0.05, 0) is 43.5 Å². The van der Waals surface area contributed by atoms with E-state index < -0.39 is 0 Å². The van der Waals surface area contributed by atoms with E-state index in [9.17, 15) is 4.79 Å². The van der Waals surface area contributed by atoms with E-state index in [-0.39, 0.29) is 5.91 Å². The van der Waals surface area contributed by atoms with Crippen LogP contribution in [0.4, 0.5) is 0 Å². The fraction of sp³-hybridized carbons (Fsp3) is 0.500. The third-order valence-corrected chi connectivity index (χ3v) is 3.42. The van der Waals surface area contributed by atoms with Gasteiger partial charge in [-0.2, -0.15) is 0 Å². The molecule has 3 nitrogen and oxygen atoms in total. The van der Waals surface area contributed by atoms with Crippen LogP contribution < -0.4 is 5.32 Å². The van der Waals surface area contributed by atoms with Crippen molar-refractivity contribution >= 4 is 5.91 Å². The molecule has 92 valence electrons. The molecule has 3 heteroatoms. The Morgan fingerprint density at radius 2 is 2.24 bits per heavy atom. The summed E-state index contributed by atoms with van der Waals surface area (Å²) in [6.07, 6.45) is 3.35. The molecule has 1 aliphatic rings. The maximum Gasteiger partial charge on any atom is 0.253 e. The Hall–Kier alpha value is -1.35. The molecule has 0 aliphatic heterocycles. The highest BCUT2D eigenvalue weighted by Gasteiger charge is 2.20. The average Bonchev–Trinajstić information content (AvgIpc) is 2.82. The first-order valence-electron chi connectivity index (χ1n) is 6.25. The molecule has 1 N–H and O–H groups in total. The van der Waals surface area contributed by atoms with Crippen LogP contribution in [0.25, 0.3) is 0 Å². The van der Waals surface area contributed by atoms with E-state index >= 15 is 0 Å². The van der Waals surface area contributed by atoms with Gasteiger partial charge in [0.15, 0.2) is 0 Å². The topological polar surface area (TPSA) is 32.3 Å². The van der Waals surface area contributed by atoms with Crippen LogP contribution in [0.1, 0.15) is 27.9 Å². The third-order valence-electron chi connectivity index (χ3n) is 3.42. The van der Waals surface area contributed by atoms with Crippen LogP contribution in [0.15, 0.2) is 18.2 Å². The van der Waals surface area contributed by atoms with Crippen molar-refractivity contribution in [3.63, 3.8) is 0 Å². The molecule has 0 spiro atoms. The number of carbonyl (C=O) groups is 1. The van der Waals surface area contributed by atoms with Gasteiger partial charge in [0.25, 0.3) is 5.91 Å². The molecule has 0 bridgehead atoms. The van der Waals surface area contributed by atoms with E-state index in [0.717, 1.165) is 31.5 Å². The number of rotatable bonds is 4. The molecule has 1 aromatic carbocycles. The van der Waals surface area contributed by atoms with Crippen molar-refractivity contribution in [2.75, 3.05) is 27.2 Å². The van der Waals surface area contributed by atoms with Crippen molar-refractivity contribution in [1.82, 2.24) is 10.2 Å². The molecule has 1 amide bonds. The van der Waals surface area contributed by atoms with Gasteiger partial charge in [0.05, 0.1) is 0 Å². The van der Waals surface area contributed by atoms with Crippen molar-refractivity contribution in [3.8, 4) is 0 Å². The summed E-state index contributed by atoms with van der Waals surface area (Å²) in [4.78, 5) is 14.1. The zero-order valence-electron chi connectivity index (χ0n) is 10.6. The van der Waals surface area contributed by atoms with E-state index in [2.05, 4.69) is 11.4 Å². The second-order valence-corrected chi connectivity index (χ2v) is 4.63. The smallest absolute Gasteiger partial charge is 0.253 e. The molecule has 1 aromatic rings. The summed E-state index contributed by atoms with van der Waals surface area (Å²) in [5.74, 6) is 0.152. The summed E-state index contributed by atoms with van der Waals surface area (Å²) in [7, 11) is 3.77. The minimum absolute atomic E-state index is 0.152. The fourth-order valence-corrected chi connectivity index (χ4v) is 2.41. The molecule has 0 saturated carbocycles. The highest BCUT2D eigenvalue weighted by molar-refractivity contribution is 5.96. The van der Waals surface area contributed by atoms with Crippen molar-refractivity contribution in [1.29, 1.82) is 0 Å². The second-order valence-electron chi connectivity index (χ2n) is 4.63. The van der Waals surface area contributed by atoms with Crippen LogP contribution in [-0.4, -0.2) is 38.0 Å². The lowest BCUT2D eigenvalue weighted by Gasteiger charge is -2.18. The quantitative estimate of drug-likeness (QED) is 0.852. The lowest BCUT2D eigenvalue weighted by Crippen LogP contribution is -2.33. The Labute approximate surface area is 103 Å². The van der Waals surface area contributed by atoms with Crippen molar-refractivity contribution in [2.24, 2.45) is 0 Å². The number of hydrogen-bond acceptors (Lipinski definition) is 2. The molecule has 1 aliphatic carbocycles. The molecule has 0 fully saturated rings. The van der Waals surface area contributed by atoms with E-state index in [1.807, 2.05) is 26.2 Å². The molecular weight excluding hydrogens is 212 g/mol. The van der Waals surface area contributed by atoms with Gasteiger partial charge in [-0.25, -0.2) is 0 Å². The van der Waals surface area contributed by atoms with Crippen molar-refractivity contribution in [2.45, 2.75) is 19.3 Å². The summed E-state index contributed by atoms with van der Waals surface area (Å²) >= 11 is 0. The van der Waals surface area contributed by atoms with Gasteiger partial charge in [0, 0.05) is 25.7 Å². The predicted molar refractivity (Wildman–Crippen MR) is 69.4 cm³/mol. The number of carbonyl (C=O) groups excluding carboxylic acids is 1. The molecule has 0 heterocycles. The first-order valence-corrected chi connectivity index (χ1v) is 6.25. The van der Waals surface area contributed by atoms with Gasteiger partial charge in [0.1, 0.15) is 0 Å². The number of fused-ring (bicyclic) bond motifs is 1. The fourth-order valence-electron chi connectivity index (χ4n) is 2.41. The number of hydrogen-bond donors (Lipinski definition) is 1. The number of amides is 1. The van der Waals surface area contributed by atoms with E-state index in [0.29, 0.717) is 0 Å². The largest absolute Gasteiger partial charge is 0.340 e. The Morgan fingerprint density at radius 3 is 3.00 bits per heavy atom. The van der Waals surface area contributed by atoms with Gasteiger partial charge < -0.3 is 10.2 Å². The molecule has 0 aromatic heterocycles. The summed E-state index contributed by atoms with van der Waals surface area (Å²) in [6, 6.07) is 6.11. The number of nitrogens with zero attached hydrogens (tertiary/aromatic N) is 1. The second kappa shape index (κ2) is 5.32. The first kappa shape index (κ1) is 12.1. The van der Waals surface area contributed by atoms with Crippen molar-refractivity contribution in [3.05, 3.63) is 34.9 Å². The van der Waals surface area contributed by atoms with Crippen LogP contribution in [0.3, 0.4) is 0 Å². The van der Waals surface area contributed by atoms with Gasteiger partial charge in [0.2, 0.25) is 0 Å². The molecule has 17 heavy (non-hydrogen) atoms. The van der Waals surface area contributed by atoms with E-state index in [1.165, 1.54) is 17.5 Å². The van der Waals surface area contributed by atoms with Crippen LogP contribution in [0.5, 0.6) is 0 Å². The zero-order chi connectivity index (χ0) is 12.3. The molecular formula is C14H20N2O. The molecule has 0 unspecified atom stereocenters. The third kappa shape index (κ3) is 2.50. The van der Waals surface area contributed by atoms with E-state index in [1.54, 1.807) is 4.90 Å². The summed E-state index contributed by atoms with van der Waals surface area (Å²) in [6.45, 7) is 1.58. The Kier molecular flexibility index (Phi) is 3.79. The maximum atomic E-state index is 12.3. The Morgan fingerprint density at radius 1 is 1.41 bits per heavy atom. The van der Waals surface area contributed by atoms with Crippen LogP contribution in [-0.2, 0) is 12.8 Å². The average molecular weight is 232 g/mol. The van der Waals surface area contributed by atoms with Crippen LogP contribution in [0, 0.1) is 0 Å². The van der Waals surface area contributed by atoms with Crippen molar-refractivity contribution < 1.29 is 4.79 Å². The molecule has 0 radical (unpaired) electrons. The normalized spacial score (nSPS) is 13.5. The molecule has 0 atom stereocenters. The highest BCUT2D eigenvalue weighted by atomic mass is 16.2. The number of aryl methyl sites for hydroxylation is 1. The minimum Gasteiger partial charge on any atom is -0.340 e. The number of likely N-dealkylation sites (N-methyl/N-ethyl adjacent to an activating group) is 2. The first-order chi connectivity index (χ1) is 8.24. The minimum atomic E-state index is 0.152. The summed E-state index contributed by atoms with van der Waals surface area (Å²) in [5, 5.41) is 3.06. The Balaban J connectivity index is 2.17. The van der Waals surface area contributed by atoms with E-state index in [4.69, 9.17) is 0 Å². The number of benzene rings is 1. The zero-order valence-corrected chi connectivity index (χ0v) is 10.6. The summed E-state index contributed by atoms with van der Waals surface area (Å²) in [5.41, 5.74) is 3.53. The maximum absolute atomic E-state index is 12.3. The monoisotopic (exact) mass is 232 g/mol. The van der Waals surface area contributed by atoms with Gasteiger partial charge in [-0.3, -0.25) is 4.79 Å². The van der Waals surface area contributed by atoms with Gasteiger partial charge in [-0.1, -0.05) is 12.1 Å². The SMILES string of the molecule is CNCCN(C)C(=O)c1cccc2c1CCC2. The van der Waals surface area contributed by atoms with Crippen LogP contribution >= 0.6 is 0 Å². The van der Waals surface area contributed by atoms with Gasteiger partial charge in [-0.15, -0.1) is 0 Å². The highest BCUT2D eigenvalue weighted by Crippen LogP contribution is 2.25. The number of nitrogens with one attached hydrogen (secondary N) is 1. The lowest BCUT2D eigenvalue weighted by molar-refractivity contribution is 0.0796. The predicted octanol–water partition coefficient (Wildman–Crippen LogP) is 1.47. The molecule has 0 saturated heterocycles.